The van der Waals surface area contributed by atoms with Gasteiger partial charge in [0, 0.05) is 22.3 Å². The maximum absolute atomic E-state index is 11.5. The first-order valence-corrected chi connectivity index (χ1v) is 6.84. The summed E-state index contributed by atoms with van der Waals surface area (Å²) in [5.41, 5.74) is 1.20. The molecule has 0 saturated heterocycles. The second-order valence-corrected chi connectivity index (χ2v) is 5.10. The average Bonchev–Trinajstić information content (AvgIpc) is 2.34. The highest BCUT2D eigenvalue weighted by Gasteiger charge is 1.99. The zero-order valence-corrected chi connectivity index (χ0v) is 10.6. The minimum atomic E-state index is -0.746. The van der Waals surface area contributed by atoms with Gasteiger partial charge in [0.1, 0.15) is 5.75 Å². The summed E-state index contributed by atoms with van der Waals surface area (Å²) in [5, 5.41) is 0. The second kappa shape index (κ2) is 7.23. The molecule has 88 valence electrons. The molecule has 0 heterocycles. The van der Waals surface area contributed by atoms with E-state index in [0.29, 0.717) is 5.75 Å². The highest BCUT2D eigenvalue weighted by atomic mass is 32.2. The quantitative estimate of drug-likeness (QED) is 0.712. The van der Waals surface area contributed by atoms with E-state index in [2.05, 4.69) is 0 Å². The van der Waals surface area contributed by atoms with Crippen LogP contribution in [0.15, 0.2) is 36.4 Å². The first-order valence-electron chi connectivity index (χ1n) is 5.35. The largest absolute Gasteiger partial charge is 0.497 e. The van der Waals surface area contributed by atoms with Gasteiger partial charge in [-0.25, -0.2) is 0 Å². The second-order valence-electron chi connectivity index (χ2n) is 3.48. The lowest BCUT2D eigenvalue weighted by Gasteiger charge is -2.03. The summed E-state index contributed by atoms with van der Waals surface area (Å²) in [6.45, 7) is 1.95. The van der Waals surface area contributed by atoms with E-state index in [1.54, 1.807) is 7.11 Å². The van der Waals surface area contributed by atoms with E-state index >= 15 is 0 Å². The molecule has 0 radical (unpaired) electrons. The van der Waals surface area contributed by atoms with Crippen molar-refractivity contribution in [2.75, 3.05) is 18.6 Å². The van der Waals surface area contributed by atoms with Crippen LogP contribution in [0.2, 0.25) is 0 Å². The van der Waals surface area contributed by atoms with E-state index in [-0.39, 0.29) is 0 Å². The molecule has 0 bridgehead atoms. The molecule has 0 spiro atoms. The Kier molecular flexibility index (Phi) is 5.86. The van der Waals surface area contributed by atoms with Gasteiger partial charge in [-0.1, -0.05) is 24.3 Å². The smallest absolute Gasteiger partial charge is 0.118 e. The minimum Gasteiger partial charge on any atom is -0.497 e. The molecule has 0 fully saturated rings. The Labute approximate surface area is 99.8 Å². The van der Waals surface area contributed by atoms with Gasteiger partial charge in [-0.2, -0.15) is 0 Å². The van der Waals surface area contributed by atoms with Crippen molar-refractivity contribution in [2.24, 2.45) is 0 Å². The predicted octanol–water partition coefficient (Wildman–Crippen LogP) is 2.56. The fourth-order valence-electron chi connectivity index (χ4n) is 1.31. The van der Waals surface area contributed by atoms with Crippen LogP contribution in [0.4, 0.5) is 0 Å². The highest BCUT2D eigenvalue weighted by Crippen LogP contribution is 2.11. The van der Waals surface area contributed by atoms with Crippen LogP contribution in [0.1, 0.15) is 12.5 Å². The van der Waals surface area contributed by atoms with Crippen LogP contribution in [0, 0.1) is 0 Å². The highest BCUT2D eigenvalue weighted by molar-refractivity contribution is 7.85. The Morgan fingerprint density at radius 2 is 2.00 bits per heavy atom. The number of benzene rings is 1. The van der Waals surface area contributed by atoms with Crippen LogP contribution in [0.25, 0.3) is 0 Å². The molecular weight excluding hydrogens is 220 g/mol. The number of ether oxygens (including phenoxy) is 1. The summed E-state index contributed by atoms with van der Waals surface area (Å²) < 4.78 is 16.6. The van der Waals surface area contributed by atoms with Gasteiger partial charge in [0.2, 0.25) is 0 Å². The van der Waals surface area contributed by atoms with Gasteiger partial charge >= 0.3 is 0 Å². The van der Waals surface area contributed by atoms with E-state index in [9.17, 15) is 4.21 Å². The summed E-state index contributed by atoms with van der Waals surface area (Å²) in [5.74, 6) is 2.24. The number of hydrogen-bond acceptors (Lipinski definition) is 2. The average molecular weight is 238 g/mol. The standard InChI is InChI=1S/C13H18O2S/c1-3-4-10-16(14)11-9-12-5-7-13(15-2)8-6-12/h3-8H,9-11H2,1-2H3. The van der Waals surface area contributed by atoms with Crippen molar-refractivity contribution in [3.8, 4) is 5.75 Å². The Bertz CT molecular complexity index is 355. The number of hydrogen-bond donors (Lipinski definition) is 0. The van der Waals surface area contributed by atoms with Crippen LogP contribution in [-0.2, 0) is 17.2 Å². The monoisotopic (exact) mass is 238 g/mol. The SMILES string of the molecule is CC=CCS(=O)CCc1ccc(OC)cc1. The Balaban J connectivity index is 2.39. The van der Waals surface area contributed by atoms with Gasteiger partial charge in [0.15, 0.2) is 0 Å². The molecule has 3 heteroatoms. The van der Waals surface area contributed by atoms with Crippen molar-refractivity contribution < 1.29 is 8.95 Å². The minimum absolute atomic E-state index is 0.659. The Hall–Kier alpha value is -1.09. The number of allylic oxidation sites excluding steroid dienone is 1. The number of methoxy groups -OCH3 is 1. The summed E-state index contributed by atoms with van der Waals surface area (Å²) in [4.78, 5) is 0. The molecule has 0 aromatic heterocycles. The molecule has 1 rings (SSSR count). The zero-order chi connectivity index (χ0) is 11.8. The summed E-state index contributed by atoms with van der Waals surface area (Å²) >= 11 is 0. The molecule has 1 unspecified atom stereocenters. The molecule has 16 heavy (non-hydrogen) atoms. The molecule has 1 atom stereocenters. The number of rotatable bonds is 6. The van der Waals surface area contributed by atoms with Gasteiger partial charge < -0.3 is 4.74 Å². The maximum atomic E-state index is 11.5. The van der Waals surface area contributed by atoms with Gasteiger partial charge in [0.05, 0.1) is 7.11 Å². The molecule has 0 aliphatic heterocycles. The molecule has 0 aliphatic carbocycles. The molecule has 2 nitrogen and oxygen atoms in total. The summed E-state index contributed by atoms with van der Waals surface area (Å²) in [6.07, 6.45) is 4.74. The first-order chi connectivity index (χ1) is 7.76. The molecular formula is C13H18O2S. The molecule has 0 N–H and O–H groups in total. The van der Waals surface area contributed by atoms with Gasteiger partial charge in [-0.3, -0.25) is 4.21 Å². The van der Waals surface area contributed by atoms with E-state index in [1.165, 1.54) is 5.56 Å². The van der Waals surface area contributed by atoms with Crippen LogP contribution in [0.5, 0.6) is 5.75 Å². The zero-order valence-electron chi connectivity index (χ0n) is 9.81. The van der Waals surface area contributed by atoms with Crippen molar-refractivity contribution in [3.05, 3.63) is 42.0 Å². The molecule has 0 amide bonds. The van der Waals surface area contributed by atoms with Crippen LogP contribution >= 0.6 is 0 Å². The van der Waals surface area contributed by atoms with E-state index in [1.807, 2.05) is 43.3 Å². The third-order valence-corrected chi connectivity index (χ3v) is 3.52. The van der Waals surface area contributed by atoms with Crippen molar-refractivity contribution in [1.82, 2.24) is 0 Å². The van der Waals surface area contributed by atoms with Crippen molar-refractivity contribution in [1.29, 1.82) is 0 Å². The molecule has 1 aromatic rings. The lowest BCUT2D eigenvalue weighted by molar-refractivity contribution is 0.414. The van der Waals surface area contributed by atoms with Crippen LogP contribution < -0.4 is 4.74 Å². The van der Waals surface area contributed by atoms with Crippen molar-refractivity contribution in [2.45, 2.75) is 13.3 Å². The third-order valence-electron chi connectivity index (χ3n) is 2.30. The van der Waals surface area contributed by atoms with Gasteiger partial charge in [-0.05, 0) is 31.0 Å². The summed E-state index contributed by atoms with van der Waals surface area (Å²) in [6, 6.07) is 7.91. The first kappa shape index (κ1) is 13.0. The van der Waals surface area contributed by atoms with E-state index < -0.39 is 10.8 Å². The Morgan fingerprint density at radius 3 is 2.56 bits per heavy atom. The van der Waals surface area contributed by atoms with Crippen LogP contribution in [0.3, 0.4) is 0 Å². The van der Waals surface area contributed by atoms with Gasteiger partial charge in [0.25, 0.3) is 0 Å². The third kappa shape index (κ3) is 4.62. The Morgan fingerprint density at radius 1 is 1.31 bits per heavy atom. The lowest BCUT2D eigenvalue weighted by Crippen LogP contribution is -2.03. The number of aryl methyl sites for hydroxylation is 1. The van der Waals surface area contributed by atoms with Crippen LogP contribution in [-0.4, -0.2) is 22.8 Å². The molecule has 0 saturated carbocycles. The predicted molar refractivity (Wildman–Crippen MR) is 69.4 cm³/mol. The van der Waals surface area contributed by atoms with E-state index in [0.717, 1.165) is 17.9 Å². The fourth-order valence-corrected chi connectivity index (χ4v) is 2.35. The maximum Gasteiger partial charge on any atom is 0.118 e. The summed E-state index contributed by atoms with van der Waals surface area (Å²) in [7, 11) is 0.908. The molecule has 1 aromatic carbocycles. The van der Waals surface area contributed by atoms with Crippen molar-refractivity contribution >= 4 is 10.8 Å². The normalized spacial score (nSPS) is 12.9. The van der Waals surface area contributed by atoms with Crippen molar-refractivity contribution in [3.63, 3.8) is 0 Å². The lowest BCUT2D eigenvalue weighted by atomic mass is 10.2. The topological polar surface area (TPSA) is 26.3 Å². The van der Waals surface area contributed by atoms with Gasteiger partial charge in [-0.15, -0.1) is 0 Å². The molecule has 0 aliphatic rings. The fraction of sp³-hybridized carbons (Fsp3) is 0.385. The van der Waals surface area contributed by atoms with E-state index in [4.69, 9.17) is 4.74 Å².